The van der Waals surface area contributed by atoms with Crippen molar-refractivity contribution < 1.29 is 18.5 Å². The van der Waals surface area contributed by atoms with Gasteiger partial charge in [-0.15, -0.1) is 0 Å². The van der Waals surface area contributed by atoms with Crippen molar-refractivity contribution in [2.24, 2.45) is 5.73 Å². The van der Waals surface area contributed by atoms with E-state index in [2.05, 4.69) is 0 Å². The molecule has 0 aromatic heterocycles. The van der Waals surface area contributed by atoms with E-state index in [4.69, 9.17) is 15.0 Å². The molecule has 0 saturated carbocycles. The van der Waals surface area contributed by atoms with Crippen molar-refractivity contribution in [2.75, 3.05) is 13.1 Å². The van der Waals surface area contributed by atoms with Crippen molar-refractivity contribution in [1.29, 1.82) is 0 Å². The Balaban J connectivity index is 1.85. The van der Waals surface area contributed by atoms with Gasteiger partial charge in [-0.3, -0.25) is 4.79 Å². The molecule has 0 radical (unpaired) electrons. The van der Waals surface area contributed by atoms with Crippen LogP contribution in [0, 0.1) is 5.82 Å². The van der Waals surface area contributed by atoms with Crippen LogP contribution >= 0.6 is 0 Å². The summed E-state index contributed by atoms with van der Waals surface area (Å²) >= 11 is 0. The number of halogens is 1. The van der Waals surface area contributed by atoms with Crippen LogP contribution in [0.3, 0.4) is 0 Å². The Hall–Kier alpha value is -1.44. The summed E-state index contributed by atoms with van der Waals surface area (Å²) in [6.07, 6.45) is 1.78. The molecule has 7 heteroatoms. The fraction of sp³-hybridized carbons (Fsp3) is 0.611. The van der Waals surface area contributed by atoms with E-state index in [0.29, 0.717) is 24.1 Å². The van der Waals surface area contributed by atoms with E-state index in [0.717, 1.165) is 12.8 Å². The summed E-state index contributed by atoms with van der Waals surface area (Å²) in [6, 6.07) is 4.26. The molecule has 2 fully saturated rings. The molecule has 2 aliphatic rings. The molecule has 3 rings (SSSR count). The number of likely N-dealkylation sites (tertiary alicyclic amines) is 1. The van der Waals surface area contributed by atoms with E-state index in [9.17, 15) is 9.18 Å². The molecular formula is C18H26BFN2O3. The number of carbonyl (C=O) groups is 1. The van der Waals surface area contributed by atoms with Crippen LogP contribution in [0.2, 0.25) is 0 Å². The Kier molecular flexibility index (Phi) is 4.68. The second-order valence-corrected chi connectivity index (χ2v) is 8.01. The second-order valence-electron chi connectivity index (χ2n) is 8.01. The molecule has 2 saturated heterocycles. The molecule has 5 nitrogen and oxygen atoms in total. The van der Waals surface area contributed by atoms with Crippen molar-refractivity contribution in [3.8, 4) is 0 Å². The predicted molar refractivity (Wildman–Crippen MR) is 95.2 cm³/mol. The Bertz CT molecular complexity index is 664. The van der Waals surface area contributed by atoms with Crippen LogP contribution in [0.5, 0.6) is 0 Å². The molecule has 25 heavy (non-hydrogen) atoms. The maximum absolute atomic E-state index is 14.2. The highest BCUT2D eigenvalue weighted by molar-refractivity contribution is 6.62. The summed E-state index contributed by atoms with van der Waals surface area (Å²) in [5.74, 6) is -0.677. The lowest BCUT2D eigenvalue weighted by Gasteiger charge is -2.32. The summed E-state index contributed by atoms with van der Waals surface area (Å²) in [6.45, 7) is 8.90. The highest BCUT2D eigenvalue weighted by Gasteiger charge is 2.51. The number of hydrogen-bond acceptors (Lipinski definition) is 4. The summed E-state index contributed by atoms with van der Waals surface area (Å²) in [7, 11) is -0.698. The monoisotopic (exact) mass is 348 g/mol. The Morgan fingerprint density at radius 1 is 1.24 bits per heavy atom. The molecule has 1 aromatic carbocycles. The number of rotatable bonds is 2. The van der Waals surface area contributed by atoms with Crippen LogP contribution in [0.15, 0.2) is 18.2 Å². The SMILES string of the molecule is CC1(C)OB(c2cc(F)cc(C(=O)N3CCC[C@@H](N)C3)c2)OC1(C)C. The Labute approximate surface area is 148 Å². The van der Waals surface area contributed by atoms with Gasteiger partial charge in [-0.1, -0.05) is 0 Å². The van der Waals surface area contributed by atoms with Gasteiger partial charge in [0.15, 0.2) is 0 Å². The van der Waals surface area contributed by atoms with E-state index in [-0.39, 0.29) is 11.9 Å². The first-order chi connectivity index (χ1) is 11.6. The third kappa shape index (κ3) is 3.59. The van der Waals surface area contributed by atoms with Crippen LogP contribution in [-0.2, 0) is 9.31 Å². The number of benzene rings is 1. The van der Waals surface area contributed by atoms with Crippen LogP contribution in [0.4, 0.5) is 4.39 Å². The van der Waals surface area contributed by atoms with Crippen molar-refractivity contribution in [1.82, 2.24) is 4.90 Å². The number of piperidine rings is 1. The van der Waals surface area contributed by atoms with Gasteiger partial charge >= 0.3 is 7.12 Å². The number of nitrogens with two attached hydrogens (primary N) is 1. The normalized spacial score (nSPS) is 25.3. The molecule has 2 N–H and O–H groups in total. The van der Waals surface area contributed by atoms with Gasteiger partial charge in [-0.2, -0.15) is 0 Å². The molecule has 0 spiro atoms. The zero-order chi connectivity index (χ0) is 18.4. The standard InChI is InChI=1S/C18H26BFN2O3/c1-17(2)18(3,4)25-19(24-17)13-8-12(9-14(20)10-13)16(23)22-7-5-6-15(21)11-22/h8-10,15H,5-7,11,21H2,1-4H3/t15-/m1/s1. The van der Waals surface area contributed by atoms with E-state index >= 15 is 0 Å². The Morgan fingerprint density at radius 2 is 1.88 bits per heavy atom. The average molecular weight is 348 g/mol. The second kappa shape index (κ2) is 6.38. The minimum absolute atomic E-state index is 0.0196. The highest BCUT2D eigenvalue weighted by atomic mass is 19.1. The van der Waals surface area contributed by atoms with Gasteiger partial charge in [-0.25, -0.2) is 4.39 Å². The summed E-state index contributed by atoms with van der Waals surface area (Å²) in [5.41, 5.74) is 5.73. The van der Waals surface area contributed by atoms with Crippen molar-refractivity contribution >= 4 is 18.5 Å². The van der Waals surface area contributed by atoms with Gasteiger partial charge in [0, 0.05) is 24.7 Å². The van der Waals surface area contributed by atoms with E-state index in [1.807, 2.05) is 27.7 Å². The minimum atomic E-state index is -0.698. The van der Waals surface area contributed by atoms with Crippen molar-refractivity contribution in [3.63, 3.8) is 0 Å². The molecule has 0 bridgehead atoms. The maximum atomic E-state index is 14.2. The van der Waals surface area contributed by atoms with Gasteiger partial charge in [0.05, 0.1) is 11.2 Å². The third-order valence-electron chi connectivity index (χ3n) is 5.44. The summed E-state index contributed by atoms with van der Waals surface area (Å²) < 4.78 is 26.1. The largest absolute Gasteiger partial charge is 0.494 e. The fourth-order valence-electron chi connectivity index (χ4n) is 3.23. The number of amides is 1. The smallest absolute Gasteiger partial charge is 0.399 e. The van der Waals surface area contributed by atoms with Crippen LogP contribution in [0.25, 0.3) is 0 Å². The lowest BCUT2D eigenvalue weighted by Crippen LogP contribution is -2.46. The molecule has 0 unspecified atom stereocenters. The lowest BCUT2D eigenvalue weighted by molar-refractivity contribution is 0.00578. The van der Waals surface area contributed by atoms with Crippen molar-refractivity contribution in [2.45, 2.75) is 57.8 Å². The van der Waals surface area contributed by atoms with Crippen LogP contribution in [-0.4, -0.2) is 48.3 Å². The fourth-order valence-corrected chi connectivity index (χ4v) is 3.23. The number of nitrogens with zero attached hydrogens (tertiary/aromatic N) is 1. The molecule has 2 aliphatic heterocycles. The van der Waals surface area contributed by atoms with Gasteiger partial charge in [0.1, 0.15) is 5.82 Å². The first kappa shape index (κ1) is 18.4. The summed E-state index contributed by atoms with van der Waals surface area (Å²) in [4.78, 5) is 14.4. The first-order valence-electron chi connectivity index (χ1n) is 8.80. The first-order valence-corrected chi connectivity index (χ1v) is 8.80. The molecular weight excluding hydrogens is 322 g/mol. The average Bonchev–Trinajstić information content (AvgIpc) is 2.74. The zero-order valence-electron chi connectivity index (χ0n) is 15.3. The van der Waals surface area contributed by atoms with Gasteiger partial charge < -0.3 is 19.9 Å². The predicted octanol–water partition coefficient (Wildman–Crippen LogP) is 1.69. The third-order valence-corrected chi connectivity index (χ3v) is 5.44. The van der Waals surface area contributed by atoms with Gasteiger partial charge in [-0.05, 0) is 64.2 Å². The van der Waals surface area contributed by atoms with Crippen LogP contribution < -0.4 is 11.2 Å². The molecule has 2 heterocycles. The zero-order valence-corrected chi connectivity index (χ0v) is 15.3. The molecule has 1 amide bonds. The molecule has 1 aromatic rings. The number of carbonyl (C=O) groups excluding carboxylic acids is 1. The van der Waals surface area contributed by atoms with Crippen LogP contribution in [0.1, 0.15) is 50.9 Å². The molecule has 136 valence electrons. The lowest BCUT2D eigenvalue weighted by atomic mass is 9.78. The van der Waals surface area contributed by atoms with Crippen molar-refractivity contribution in [3.05, 3.63) is 29.6 Å². The molecule has 0 aliphatic carbocycles. The van der Waals surface area contributed by atoms with Gasteiger partial charge in [0.25, 0.3) is 5.91 Å². The molecule has 1 atom stereocenters. The highest BCUT2D eigenvalue weighted by Crippen LogP contribution is 2.36. The van der Waals surface area contributed by atoms with E-state index in [1.165, 1.54) is 12.1 Å². The van der Waals surface area contributed by atoms with Gasteiger partial charge in [0.2, 0.25) is 0 Å². The number of hydrogen-bond donors (Lipinski definition) is 1. The Morgan fingerprint density at radius 3 is 2.48 bits per heavy atom. The van der Waals surface area contributed by atoms with E-state index in [1.54, 1.807) is 11.0 Å². The quantitative estimate of drug-likeness (QED) is 0.826. The topological polar surface area (TPSA) is 64.8 Å². The maximum Gasteiger partial charge on any atom is 0.494 e. The minimum Gasteiger partial charge on any atom is -0.399 e. The van der Waals surface area contributed by atoms with E-state index < -0.39 is 24.1 Å². The summed E-state index contributed by atoms with van der Waals surface area (Å²) in [5, 5.41) is 0.